The summed E-state index contributed by atoms with van der Waals surface area (Å²) in [6.45, 7) is 3.42. The molecule has 2 N–H and O–H groups in total. The average Bonchev–Trinajstić information content (AvgIpc) is 2.85. The van der Waals surface area contributed by atoms with Crippen molar-refractivity contribution < 1.29 is 14.3 Å². The molecule has 0 aliphatic carbocycles. The molecule has 1 aromatic heterocycles. The summed E-state index contributed by atoms with van der Waals surface area (Å²) in [7, 11) is 1.64. The van der Waals surface area contributed by atoms with Gasteiger partial charge in [-0.1, -0.05) is 19.1 Å². The van der Waals surface area contributed by atoms with Crippen LogP contribution in [0.4, 0.5) is 0 Å². The van der Waals surface area contributed by atoms with Gasteiger partial charge in [0.1, 0.15) is 5.76 Å². The lowest BCUT2D eigenvalue weighted by atomic mass is 10.2. The first kappa shape index (κ1) is 13.9. The van der Waals surface area contributed by atoms with E-state index in [-0.39, 0.29) is 6.10 Å². The number of hydrogen-bond donors (Lipinski definition) is 2. The van der Waals surface area contributed by atoms with Crippen LogP contribution in [-0.4, -0.2) is 24.9 Å². The van der Waals surface area contributed by atoms with Gasteiger partial charge in [0.2, 0.25) is 0 Å². The maximum absolute atomic E-state index is 9.46. The van der Waals surface area contributed by atoms with Crippen LogP contribution in [0.2, 0.25) is 0 Å². The molecule has 0 fully saturated rings. The molecule has 1 heterocycles. The number of furan rings is 1. The third-order valence-electron chi connectivity index (χ3n) is 3.20. The Morgan fingerprint density at radius 3 is 3.00 bits per heavy atom. The van der Waals surface area contributed by atoms with Crippen molar-refractivity contribution >= 4 is 11.0 Å². The molecule has 0 spiro atoms. The van der Waals surface area contributed by atoms with Gasteiger partial charge in [0.05, 0.1) is 19.8 Å². The number of aliphatic hydroxyl groups is 1. The molecule has 0 bridgehead atoms. The zero-order chi connectivity index (χ0) is 13.7. The zero-order valence-corrected chi connectivity index (χ0v) is 11.5. The van der Waals surface area contributed by atoms with E-state index in [1.165, 1.54) is 0 Å². The second-order valence-electron chi connectivity index (χ2n) is 4.62. The lowest BCUT2D eigenvalue weighted by Crippen LogP contribution is -2.19. The fraction of sp³-hybridized carbons (Fsp3) is 0.467. The molecule has 0 radical (unpaired) electrons. The van der Waals surface area contributed by atoms with Crippen molar-refractivity contribution in [2.45, 2.75) is 32.4 Å². The normalized spacial score (nSPS) is 12.8. The maximum Gasteiger partial charge on any atom is 0.176 e. The van der Waals surface area contributed by atoms with E-state index in [1.54, 1.807) is 7.11 Å². The number of benzene rings is 1. The van der Waals surface area contributed by atoms with Crippen LogP contribution in [0.25, 0.3) is 11.0 Å². The van der Waals surface area contributed by atoms with Crippen LogP contribution < -0.4 is 10.1 Å². The van der Waals surface area contributed by atoms with Crippen LogP contribution in [0.5, 0.6) is 5.75 Å². The number of nitrogens with one attached hydrogen (secondary N) is 1. The Kier molecular flexibility index (Phi) is 4.82. The van der Waals surface area contributed by atoms with Gasteiger partial charge in [0.25, 0.3) is 0 Å². The van der Waals surface area contributed by atoms with Gasteiger partial charge in [-0.05, 0) is 31.5 Å². The lowest BCUT2D eigenvalue weighted by molar-refractivity contribution is 0.159. The number of fused-ring (bicyclic) bond motifs is 1. The minimum Gasteiger partial charge on any atom is -0.493 e. The largest absolute Gasteiger partial charge is 0.493 e. The highest BCUT2D eigenvalue weighted by atomic mass is 16.5. The van der Waals surface area contributed by atoms with Gasteiger partial charge < -0.3 is 19.6 Å². The summed E-state index contributed by atoms with van der Waals surface area (Å²) in [5, 5.41) is 13.8. The summed E-state index contributed by atoms with van der Waals surface area (Å²) < 4.78 is 11.0. The van der Waals surface area contributed by atoms with Crippen LogP contribution in [-0.2, 0) is 6.54 Å². The van der Waals surface area contributed by atoms with Crippen molar-refractivity contribution in [3.05, 3.63) is 30.0 Å². The van der Waals surface area contributed by atoms with Crippen molar-refractivity contribution in [2.75, 3.05) is 13.7 Å². The van der Waals surface area contributed by atoms with Crippen molar-refractivity contribution in [2.24, 2.45) is 0 Å². The molecule has 0 aliphatic heterocycles. The van der Waals surface area contributed by atoms with Gasteiger partial charge in [-0.3, -0.25) is 0 Å². The molecular weight excluding hydrogens is 242 g/mol. The molecule has 104 valence electrons. The molecule has 0 saturated heterocycles. The monoisotopic (exact) mass is 263 g/mol. The van der Waals surface area contributed by atoms with Crippen molar-refractivity contribution in [1.29, 1.82) is 0 Å². The van der Waals surface area contributed by atoms with Crippen LogP contribution >= 0.6 is 0 Å². The Balaban J connectivity index is 1.94. The highest BCUT2D eigenvalue weighted by Crippen LogP contribution is 2.28. The van der Waals surface area contributed by atoms with E-state index in [2.05, 4.69) is 5.32 Å². The fourth-order valence-electron chi connectivity index (χ4n) is 2.02. The topological polar surface area (TPSA) is 54.6 Å². The van der Waals surface area contributed by atoms with E-state index in [0.29, 0.717) is 6.54 Å². The SMILES string of the molecule is CCC(O)CCNCc1cc2cccc(OC)c2o1. The van der Waals surface area contributed by atoms with Crippen molar-refractivity contribution in [1.82, 2.24) is 5.32 Å². The smallest absolute Gasteiger partial charge is 0.176 e. The van der Waals surface area contributed by atoms with Crippen molar-refractivity contribution in [3.63, 3.8) is 0 Å². The van der Waals surface area contributed by atoms with E-state index < -0.39 is 0 Å². The Labute approximate surface area is 113 Å². The predicted octanol–water partition coefficient (Wildman–Crippen LogP) is 2.69. The quantitative estimate of drug-likeness (QED) is 0.754. The molecule has 0 amide bonds. The molecular formula is C15H21NO3. The Bertz CT molecular complexity index is 521. The second-order valence-corrected chi connectivity index (χ2v) is 4.62. The van der Waals surface area contributed by atoms with E-state index in [1.807, 2.05) is 31.2 Å². The van der Waals surface area contributed by atoms with Crippen molar-refractivity contribution in [3.8, 4) is 5.75 Å². The molecule has 2 rings (SSSR count). The van der Waals surface area contributed by atoms with Gasteiger partial charge in [-0.15, -0.1) is 0 Å². The highest BCUT2D eigenvalue weighted by molar-refractivity contribution is 5.83. The predicted molar refractivity (Wildman–Crippen MR) is 75.4 cm³/mol. The number of para-hydroxylation sites is 1. The van der Waals surface area contributed by atoms with Crippen LogP contribution in [0.1, 0.15) is 25.5 Å². The number of aliphatic hydroxyl groups excluding tert-OH is 1. The zero-order valence-electron chi connectivity index (χ0n) is 11.5. The molecule has 2 aromatic rings. The number of ether oxygens (including phenoxy) is 1. The van der Waals surface area contributed by atoms with Crippen LogP contribution in [0.15, 0.2) is 28.7 Å². The van der Waals surface area contributed by atoms with Crippen LogP contribution in [0.3, 0.4) is 0 Å². The summed E-state index contributed by atoms with van der Waals surface area (Å²) in [4.78, 5) is 0. The minimum atomic E-state index is -0.219. The number of methoxy groups -OCH3 is 1. The van der Waals surface area contributed by atoms with Gasteiger partial charge in [0, 0.05) is 5.39 Å². The Morgan fingerprint density at radius 1 is 1.42 bits per heavy atom. The molecule has 4 heteroatoms. The molecule has 0 saturated carbocycles. The van der Waals surface area contributed by atoms with Gasteiger partial charge in [-0.25, -0.2) is 0 Å². The molecule has 1 atom stereocenters. The lowest BCUT2D eigenvalue weighted by Gasteiger charge is -2.07. The van der Waals surface area contributed by atoms with E-state index in [4.69, 9.17) is 9.15 Å². The summed E-state index contributed by atoms with van der Waals surface area (Å²) in [5.74, 6) is 1.63. The van der Waals surface area contributed by atoms with Crippen LogP contribution in [0, 0.1) is 0 Å². The number of hydrogen-bond acceptors (Lipinski definition) is 4. The Morgan fingerprint density at radius 2 is 2.26 bits per heavy atom. The summed E-state index contributed by atoms with van der Waals surface area (Å²) in [6.07, 6.45) is 1.34. The van der Waals surface area contributed by atoms with E-state index in [0.717, 1.165) is 41.9 Å². The first-order chi connectivity index (χ1) is 9.24. The minimum absolute atomic E-state index is 0.219. The third-order valence-corrected chi connectivity index (χ3v) is 3.20. The molecule has 19 heavy (non-hydrogen) atoms. The summed E-state index contributed by atoms with van der Waals surface area (Å²) in [5.41, 5.74) is 0.787. The van der Waals surface area contributed by atoms with E-state index in [9.17, 15) is 5.11 Å². The molecule has 4 nitrogen and oxygen atoms in total. The second kappa shape index (κ2) is 6.59. The average molecular weight is 263 g/mol. The summed E-state index contributed by atoms with van der Waals surface area (Å²) >= 11 is 0. The molecule has 1 aromatic carbocycles. The standard InChI is InChI=1S/C15H21NO3/c1-3-12(17)7-8-16-10-13-9-11-5-4-6-14(18-2)15(11)19-13/h4-6,9,12,16-17H,3,7-8,10H2,1-2H3. The Hall–Kier alpha value is -1.52. The van der Waals surface area contributed by atoms with Gasteiger partial charge >= 0.3 is 0 Å². The fourth-order valence-corrected chi connectivity index (χ4v) is 2.02. The van der Waals surface area contributed by atoms with E-state index >= 15 is 0 Å². The maximum atomic E-state index is 9.46. The third kappa shape index (κ3) is 3.49. The van der Waals surface area contributed by atoms with Gasteiger partial charge in [0.15, 0.2) is 11.3 Å². The summed E-state index contributed by atoms with van der Waals surface area (Å²) in [6, 6.07) is 7.86. The first-order valence-corrected chi connectivity index (χ1v) is 6.68. The first-order valence-electron chi connectivity index (χ1n) is 6.68. The molecule has 0 aliphatic rings. The highest BCUT2D eigenvalue weighted by Gasteiger charge is 2.08. The molecule has 1 unspecified atom stereocenters. The van der Waals surface area contributed by atoms with Gasteiger partial charge in [-0.2, -0.15) is 0 Å². The number of rotatable bonds is 7.